The van der Waals surface area contributed by atoms with Crippen molar-refractivity contribution in [2.75, 3.05) is 13.7 Å². The summed E-state index contributed by atoms with van der Waals surface area (Å²) in [6.07, 6.45) is 7.99. The van der Waals surface area contributed by atoms with Gasteiger partial charge in [-0.25, -0.2) is 14.5 Å². The highest BCUT2D eigenvalue weighted by molar-refractivity contribution is 5.88. The van der Waals surface area contributed by atoms with E-state index in [1.807, 2.05) is 0 Å². The quantitative estimate of drug-likeness (QED) is 0.620. The van der Waals surface area contributed by atoms with Crippen LogP contribution in [0.5, 0.6) is 5.88 Å². The van der Waals surface area contributed by atoms with Crippen LogP contribution in [0.2, 0.25) is 0 Å². The Balaban J connectivity index is 1.78. The summed E-state index contributed by atoms with van der Waals surface area (Å²) in [6.45, 7) is 1.98. The molecule has 28 heavy (non-hydrogen) atoms. The van der Waals surface area contributed by atoms with Crippen LogP contribution < -0.4 is 4.74 Å². The minimum absolute atomic E-state index is 0.0700. The smallest absolute Gasteiger partial charge is 0.341 e. The van der Waals surface area contributed by atoms with Gasteiger partial charge < -0.3 is 9.47 Å². The zero-order valence-corrected chi connectivity index (χ0v) is 15.8. The lowest BCUT2D eigenvalue weighted by Crippen LogP contribution is -2.15. The van der Waals surface area contributed by atoms with E-state index in [4.69, 9.17) is 9.47 Å². The fraction of sp³-hybridized carbons (Fsp3) is 0.500. The number of fused-ring (bicyclic) bond motifs is 1. The lowest BCUT2D eigenvalue weighted by molar-refractivity contribution is 0.0526. The molecule has 3 aromatic rings. The van der Waals surface area contributed by atoms with Gasteiger partial charge in [-0.15, -0.1) is 5.10 Å². The van der Waals surface area contributed by atoms with E-state index in [2.05, 4.69) is 20.2 Å². The molecule has 148 valence electrons. The Kier molecular flexibility index (Phi) is 4.93. The van der Waals surface area contributed by atoms with Gasteiger partial charge in [0.25, 0.3) is 11.9 Å². The molecule has 1 fully saturated rings. The number of carbonyl (C=O) groups is 1. The Hall–Kier alpha value is -3.04. The SMILES string of the molecule is CCOC(=O)c1cnn(-c2nc(OC)c3c(n2)c(F)nn3C2CCCCC2)c1. The van der Waals surface area contributed by atoms with Crippen LogP contribution in [0.25, 0.3) is 17.0 Å². The van der Waals surface area contributed by atoms with Crippen molar-refractivity contribution >= 4 is 17.0 Å². The third-order valence-corrected chi connectivity index (χ3v) is 4.87. The summed E-state index contributed by atoms with van der Waals surface area (Å²) < 4.78 is 27.9. The van der Waals surface area contributed by atoms with Gasteiger partial charge in [0.2, 0.25) is 5.88 Å². The van der Waals surface area contributed by atoms with Crippen molar-refractivity contribution in [2.45, 2.75) is 45.1 Å². The van der Waals surface area contributed by atoms with Crippen LogP contribution in [-0.4, -0.2) is 49.2 Å². The molecule has 4 rings (SSSR count). The lowest BCUT2D eigenvalue weighted by Gasteiger charge is -2.22. The van der Waals surface area contributed by atoms with Gasteiger partial charge in [0, 0.05) is 6.20 Å². The van der Waals surface area contributed by atoms with Gasteiger partial charge in [-0.1, -0.05) is 19.3 Å². The van der Waals surface area contributed by atoms with E-state index in [1.54, 1.807) is 11.6 Å². The number of carbonyl (C=O) groups excluding carboxylic acids is 1. The maximum absolute atomic E-state index is 14.6. The van der Waals surface area contributed by atoms with E-state index in [-0.39, 0.29) is 35.6 Å². The van der Waals surface area contributed by atoms with Crippen molar-refractivity contribution in [1.29, 1.82) is 0 Å². The van der Waals surface area contributed by atoms with Crippen LogP contribution in [0.3, 0.4) is 0 Å². The average molecular weight is 388 g/mol. The van der Waals surface area contributed by atoms with Crippen LogP contribution in [0.4, 0.5) is 4.39 Å². The number of ether oxygens (including phenoxy) is 2. The zero-order valence-electron chi connectivity index (χ0n) is 15.8. The Bertz CT molecular complexity index is 1010. The fourth-order valence-electron chi connectivity index (χ4n) is 3.55. The van der Waals surface area contributed by atoms with Crippen molar-refractivity contribution in [1.82, 2.24) is 29.5 Å². The third-order valence-electron chi connectivity index (χ3n) is 4.87. The second kappa shape index (κ2) is 7.53. The minimum Gasteiger partial charge on any atom is -0.479 e. The first-order valence-electron chi connectivity index (χ1n) is 9.34. The Morgan fingerprint density at radius 1 is 1.29 bits per heavy atom. The molecular formula is C18H21FN6O3. The number of halogens is 1. The lowest BCUT2D eigenvalue weighted by atomic mass is 9.95. The van der Waals surface area contributed by atoms with E-state index < -0.39 is 11.9 Å². The van der Waals surface area contributed by atoms with Crippen LogP contribution in [0.1, 0.15) is 55.4 Å². The maximum atomic E-state index is 14.6. The monoisotopic (exact) mass is 388 g/mol. The highest BCUT2D eigenvalue weighted by Crippen LogP contribution is 2.34. The van der Waals surface area contributed by atoms with Crippen LogP contribution in [0.15, 0.2) is 12.4 Å². The molecular weight excluding hydrogens is 367 g/mol. The van der Waals surface area contributed by atoms with Gasteiger partial charge in [-0.05, 0) is 19.8 Å². The second-order valence-corrected chi connectivity index (χ2v) is 6.65. The van der Waals surface area contributed by atoms with E-state index in [0.717, 1.165) is 25.7 Å². The highest BCUT2D eigenvalue weighted by Gasteiger charge is 2.26. The van der Waals surface area contributed by atoms with Gasteiger partial charge in [0.15, 0.2) is 11.0 Å². The van der Waals surface area contributed by atoms with Crippen molar-refractivity contribution in [3.63, 3.8) is 0 Å². The number of hydrogen-bond acceptors (Lipinski definition) is 7. The summed E-state index contributed by atoms with van der Waals surface area (Å²) in [5, 5.41) is 8.16. The second-order valence-electron chi connectivity index (χ2n) is 6.65. The molecule has 0 saturated heterocycles. The predicted octanol–water partition coefficient (Wildman–Crippen LogP) is 2.84. The Morgan fingerprint density at radius 2 is 2.07 bits per heavy atom. The predicted molar refractivity (Wildman–Crippen MR) is 97.0 cm³/mol. The van der Waals surface area contributed by atoms with Crippen molar-refractivity contribution in [3.8, 4) is 11.8 Å². The molecule has 0 aliphatic heterocycles. The molecule has 1 saturated carbocycles. The normalized spacial score (nSPS) is 15.1. The molecule has 0 bridgehead atoms. The summed E-state index contributed by atoms with van der Waals surface area (Å²) in [4.78, 5) is 20.5. The molecule has 0 unspecified atom stereocenters. The van der Waals surface area contributed by atoms with E-state index >= 15 is 0 Å². The van der Waals surface area contributed by atoms with Gasteiger partial charge in [0.05, 0.1) is 31.5 Å². The van der Waals surface area contributed by atoms with Crippen LogP contribution >= 0.6 is 0 Å². The van der Waals surface area contributed by atoms with Gasteiger partial charge in [-0.3, -0.25) is 4.68 Å². The number of nitrogens with zero attached hydrogens (tertiary/aromatic N) is 6. The average Bonchev–Trinajstić information content (AvgIpc) is 3.34. The van der Waals surface area contributed by atoms with Crippen molar-refractivity contribution in [3.05, 3.63) is 23.9 Å². The molecule has 0 aromatic carbocycles. The van der Waals surface area contributed by atoms with E-state index in [0.29, 0.717) is 5.52 Å². The number of rotatable bonds is 5. The number of hydrogen-bond donors (Lipinski definition) is 0. The molecule has 3 heterocycles. The van der Waals surface area contributed by atoms with Crippen molar-refractivity contribution in [2.24, 2.45) is 0 Å². The summed E-state index contributed by atoms with van der Waals surface area (Å²) in [5.74, 6) is -0.879. The molecule has 9 nitrogen and oxygen atoms in total. The highest BCUT2D eigenvalue weighted by atomic mass is 19.1. The van der Waals surface area contributed by atoms with Crippen LogP contribution in [-0.2, 0) is 4.74 Å². The Morgan fingerprint density at radius 3 is 2.79 bits per heavy atom. The van der Waals surface area contributed by atoms with Gasteiger partial charge >= 0.3 is 5.97 Å². The Labute approximate surface area is 160 Å². The zero-order chi connectivity index (χ0) is 19.7. The topological polar surface area (TPSA) is 96.9 Å². The molecule has 3 aromatic heterocycles. The molecule has 0 atom stereocenters. The van der Waals surface area contributed by atoms with Crippen LogP contribution in [0, 0.1) is 5.95 Å². The summed E-state index contributed by atoms with van der Waals surface area (Å²) in [7, 11) is 1.47. The molecule has 0 N–H and O–H groups in total. The first-order chi connectivity index (χ1) is 13.6. The van der Waals surface area contributed by atoms with Gasteiger partial charge in [0.1, 0.15) is 0 Å². The molecule has 1 aliphatic rings. The minimum atomic E-state index is -0.680. The third kappa shape index (κ3) is 3.19. The maximum Gasteiger partial charge on any atom is 0.341 e. The first-order valence-corrected chi connectivity index (χ1v) is 9.34. The first kappa shape index (κ1) is 18.3. The molecule has 0 radical (unpaired) electrons. The fourth-order valence-corrected chi connectivity index (χ4v) is 3.55. The number of esters is 1. The molecule has 1 aliphatic carbocycles. The summed E-state index contributed by atoms with van der Waals surface area (Å²) in [5.41, 5.74) is 0.761. The molecule has 10 heteroatoms. The largest absolute Gasteiger partial charge is 0.479 e. The molecule has 0 spiro atoms. The standard InChI is InChI=1S/C18H21FN6O3/c1-3-28-17(26)11-9-20-24(10-11)18-21-13-14(16(22-18)27-2)25(23-15(13)19)12-7-5-4-6-8-12/h9-10,12H,3-8H2,1-2H3. The van der Waals surface area contributed by atoms with Crippen molar-refractivity contribution < 1.29 is 18.7 Å². The number of methoxy groups -OCH3 is 1. The van der Waals surface area contributed by atoms with Gasteiger partial charge in [-0.2, -0.15) is 14.5 Å². The summed E-state index contributed by atoms with van der Waals surface area (Å²) in [6, 6.07) is 0.101. The number of aromatic nitrogens is 6. The summed E-state index contributed by atoms with van der Waals surface area (Å²) >= 11 is 0. The van der Waals surface area contributed by atoms with E-state index in [1.165, 1.54) is 30.6 Å². The molecule has 0 amide bonds. The van der Waals surface area contributed by atoms with E-state index in [9.17, 15) is 9.18 Å².